The molecule has 2 heteroatoms. The quantitative estimate of drug-likeness (QED) is 0.247. The van der Waals surface area contributed by atoms with E-state index in [2.05, 4.69) is 29.5 Å². The van der Waals surface area contributed by atoms with Crippen molar-refractivity contribution in [3.8, 4) is 0 Å². The minimum absolute atomic E-state index is 0.834. The molecule has 0 aliphatic heterocycles. The molecule has 0 heterocycles. The fourth-order valence-corrected chi connectivity index (χ4v) is 2.82. The Morgan fingerprint density at radius 2 is 1.40 bits per heavy atom. The van der Waals surface area contributed by atoms with Crippen LogP contribution in [0.1, 0.15) is 71.1 Å². The molecule has 0 bridgehead atoms. The Morgan fingerprint density at radius 1 is 0.867 bits per heavy atom. The van der Waals surface area contributed by atoms with Crippen molar-refractivity contribution in [1.82, 2.24) is 0 Å². The SMILES string of the molecule is CCCCCCCCC(I)CCCCCl. The Hall–Kier alpha value is 1.02. The van der Waals surface area contributed by atoms with Crippen molar-refractivity contribution in [2.75, 3.05) is 5.88 Å². The van der Waals surface area contributed by atoms with Crippen molar-refractivity contribution >= 4 is 34.2 Å². The van der Waals surface area contributed by atoms with Gasteiger partial charge < -0.3 is 0 Å². The highest BCUT2D eigenvalue weighted by Crippen LogP contribution is 2.18. The molecule has 15 heavy (non-hydrogen) atoms. The predicted molar refractivity (Wildman–Crippen MR) is 80.4 cm³/mol. The van der Waals surface area contributed by atoms with Gasteiger partial charge in [0, 0.05) is 9.80 Å². The largest absolute Gasteiger partial charge is 0.127 e. The monoisotopic (exact) mass is 344 g/mol. The first-order valence-electron chi connectivity index (χ1n) is 6.51. The average molecular weight is 345 g/mol. The van der Waals surface area contributed by atoms with E-state index < -0.39 is 0 Å². The number of hydrogen-bond donors (Lipinski definition) is 0. The van der Waals surface area contributed by atoms with Gasteiger partial charge in [-0.3, -0.25) is 0 Å². The van der Waals surface area contributed by atoms with Gasteiger partial charge in [0.25, 0.3) is 0 Å². The number of alkyl halides is 2. The van der Waals surface area contributed by atoms with E-state index in [0.717, 1.165) is 9.80 Å². The van der Waals surface area contributed by atoms with Crippen molar-refractivity contribution in [2.45, 2.75) is 75.1 Å². The number of hydrogen-bond acceptors (Lipinski definition) is 0. The topological polar surface area (TPSA) is 0 Å². The second kappa shape index (κ2) is 13.1. The summed E-state index contributed by atoms with van der Waals surface area (Å²) < 4.78 is 0.886. The molecule has 0 aromatic heterocycles. The Morgan fingerprint density at radius 3 is 2.00 bits per heavy atom. The molecule has 0 fully saturated rings. The van der Waals surface area contributed by atoms with Gasteiger partial charge in [-0.15, -0.1) is 11.6 Å². The van der Waals surface area contributed by atoms with Gasteiger partial charge in [0.15, 0.2) is 0 Å². The van der Waals surface area contributed by atoms with E-state index in [1.165, 1.54) is 64.2 Å². The number of halogens is 2. The molecule has 0 radical (unpaired) electrons. The fourth-order valence-electron chi connectivity index (χ4n) is 1.75. The van der Waals surface area contributed by atoms with E-state index in [-0.39, 0.29) is 0 Å². The minimum Gasteiger partial charge on any atom is -0.127 e. The Balaban J connectivity index is 3.06. The summed E-state index contributed by atoms with van der Waals surface area (Å²) in [4.78, 5) is 0. The highest BCUT2D eigenvalue weighted by molar-refractivity contribution is 14.1. The van der Waals surface area contributed by atoms with E-state index in [1.807, 2.05) is 0 Å². The summed E-state index contributed by atoms with van der Waals surface area (Å²) in [5, 5.41) is 0. The predicted octanol–water partition coefficient (Wildman–Crippen LogP) is 5.95. The maximum absolute atomic E-state index is 5.66. The zero-order valence-corrected chi connectivity index (χ0v) is 13.0. The summed E-state index contributed by atoms with van der Waals surface area (Å²) >= 11 is 8.26. The van der Waals surface area contributed by atoms with Crippen molar-refractivity contribution in [3.05, 3.63) is 0 Å². The molecule has 1 atom stereocenters. The number of unbranched alkanes of at least 4 members (excludes halogenated alkanes) is 6. The minimum atomic E-state index is 0.834. The third kappa shape index (κ3) is 13.0. The van der Waals surface area contributed by atoms with Crippen LogP contribution in [0.4, 0.5) is 0 Å². The zero-order chi connectivity index (χ0) is 11.4. The summed E-state index contributed by atoms with van der Waals surface area (Å²) in [6.07, 6.45) is 13.8. The summed E-state index contributed by atoms with van der Waals surface area (Å²) in [6.45, 7) is 2.28. The van der Waals surface area contributed by atoms with Crippen LogP contribution in [-0.4, -0.2) is 9.80 Å². The van der Waals surface area contributed by atoms with Gasteiger partial charge in [0.05, 0.1) is 0 Å². The summed E-state index contributed by atoms with van der Waals surface area (Å²) in [5.74, 6) is 0.834. The van der Waals surface area contributed by atoms with Crippen LogP contribution in [0.15, 0.2) is 0 Å². The Labute approximate surface area is 115 Å². The van der Waals surface area contributed by atoms with Crippen LogP contribution in [0.3, 0.4) is 0 Å². The smallest absolute Gasteiger partial charge is 0.0223 e. The zero-order valence-electron chi connectivity index (χ0n) is 10.1. The molecule has 0 N–H and O–H groups in total. The molecule has 0 saturated carbocycles. The number of rotatable bonds is 11. The first kappa shape index (κ1) is 16.0. The summed E-state index contributed by atoms with van der Waals surface area (Å²) in [7, 11) is 0. The van der Waals surface area contributed by atoms with Gasteiger partial charge in [-0.2, -0.15) is 0 Å². The van der Waals surface area contributed by atoms with Crippen molar-refractivity contribution in [1.29, 1.82) is 0 Å². The average Bonchev–Trinajstić information content (AvgIpc) is 2.23. The Kier molecular flexibility index (Phi) is 14.0. The van der Waals surface area contributed by atoms with E-state index in [0.29, 0.717) is 0 Å². The fraction of sp³-hybridized carbons (Fsp3) is 1.00. The second-order valence-electron chi connectivity index (χ2n) is 4.34. The van der Waals surface area contributed by atoms with Crippen LogP contribution in [0, 0.1) is 0 Å². The van der Waals surface area contributed by atoms with Crippen LogP contribution in [0.25, 0.3) is 0 Å². The maximum atomic E-state index is 5.66. The molecule has 0 nitrogen and oxygen atoms in total. The van der Waals surface area contributed by atoms with Gasteiger partial charge >= 0.3 is 0 Å². The van der Waals surface area contributed by atoms with Crippen molar-refractivity contribution < 1.29 is 0 Å². The molecule has 0 aromatic rings. The van der Waals surface area contributed by atoms with Gasteiger partial charge in [-0.1, -0.05) is 74.5 Å². The van der Waals surface area contributed by atoms with E-state index in [9.17, 15) is 0 Å². The molecule has 0 aliphatic rings. The van der Waals surface area contributed by atoms with E-state index in [1.54, 1.807) is 0 Å². The van der Waals surface area contributed by atoms with E-state index in [4.69, 9.17) is 11.6 Å². The highest BCUT2D eigenvalue weighted by atomic mass is 127. The lowest BCUT2D eigenvalue weighted by molar-refractivity contribution is 0.570. The molecular formula is C13H26ClI. The van der Waals surface area contributed by atoms with Gasteiger partial charge in [-0.25, -0.2) is 0 Å². The molecule has 0 aromatic carbocycles. The highest BCUT2D eigenvalue weighted by Gasteiger charge is 2.02. The van der Waals surface area contributed by atoms with Crippen molar-refractivity contribution in [3.63, 3.8) is 0 Å². The summed E-state index contributed by atoms with van der Waals surface area (Å²) in [5.41, 5.74) is 0. The third-order valence-electron chi connectivity index (χ3n) is 2.77. The Bertz CT molecular complexity index is 117. The van der Waals surface area contributed by atoms with Crippen LogP contribution in [-0.2, 0) is 0 Å². The molecular weight excluding hydrogens is 318 g/mol. The van der Waals surface area contributed by atoms with Crippen LogP contribution < -0.4 is 0 Å². The van der Waals surface area contributed by atoms with Gasteiger partial charge in [-0.05, 0) is 19.3 Å². The second-order valence-corrected chi connectivity index (χ2v) is 6.48. The lowest BCUT2D eigenvalue weighted by Crippen LogP contribution is -1.97. The molecule has 0 spiro atoms. The first-order chi connectivity index (χ1) is 7.31. The van der Waals surface area contributed by atoms with Gasteiger partial charge in [0.1, 0.15) is 0 Å². The lowest BCUT2D eigenvalue weighted by atomic mass is 10.1. The van der Waals surface area contributed by atoms with E-state index >= 15 is 0 Å². The van der Waals surface area contributed by atoms with Crippen LogP contribution >= 0.6 is 34.2 Å². The standard InChI is InChI=1S/C13H26ClI/c1-2-3-4-5-6-7-10-13(15)11-8-9-12-14/h13H,2-12H2,1H3. The third-order valence-corrected chi connectivity index (χ3v) is 4.28. The molecule has 0 amide bonds. The lowest BCUT2D eigenvalue weighted by Gasteiger charge is -2.08. The molecule has 0 rings (SSSR count). The molecule has 1 unspecified atom stereocenters. The molecule has 0 aliphatic carbocycles. The normalized spacial score (nSPS) is 13.0. The summed E-state index contributed by atoms with van der Waals surface area (Å²) in [6, 6.07) is 0. The van der Waals surface area contributed by atoms with Crippen LogP contribution in [0.5, 0.6) is 0 Å². The molecule has 0 saturated heterocycles. The van der Waals surface area contributed by atoms with Crippen molar-refractivity contribution in [2.24, 2.45) is 0 Å². The molecule has 92 valence electrons. The van der Waals surface area contributed by atoms with Gasteiger partial charge in [0.2, 0.25) is 0 Å². The maximum Gasteiger partial charge on any atom is 0.0223 e. The van der Waals surface area contributed by atoms with Crippen LogP contribution in [0.2, 0.25) is 0 Å². The first-order valence-corrected chi connectivity index (χ1v) is 8.29.